The first kappa shape index (κ1) is 17.2. The van der Waals surface area contributed by atoms with Crippen molar-refractivity contribution in [3.05, 3.63) is 0 Å². The Hall–Kier alpha value is -0.810. The second-order valence-corrected chi connectivity index (χ2v) is 5.20. The Morgan fingerprint density at radius 3 is 2.65 bits per heavy atom. The number of nitrogens with one attached hydrogen (secondary N) is 2. The largest absolute Gasteiger partial charge is 0.379 e. The first-order valence-electron chi connectivity index (χ1n) is 8.00. The van der Waals surface area contributed by atoms with Crippen molar-refractivity contribution >= 4 is 5.96 Å². The van der Waals surface area contributed by atoms with Gasteiger partial charge in [0.1, 0.15) is 0 Å². The molecule has 1 atom stereocenters. The van der Waals surface area contributed by atoms with E-state index in [0.717, 1.165) is 51.7 Å². The summed E-state index contributed by atoms with van der Waals surface area (Å²) >= 11 is 0. The number of nitrogens with zero attached hydrogens (tertiary/aromatic N) is 1. The Morgan fingerprint density at radius 1 is 1.20 bits per heavy atom. The van der Waals surface area contributed by atoms with Crippen molar-refractivity contribution in [2.24, 2.45) is 4.99 Å². The maximum Gasteiger partial charge on any atom is 0.190 e. The molecule has 0 aromatic rings. The molecule has 20 heavy (non-hydrogen) atoms. The summed E-state index contributed by atoms with van der Waals surface area (Å²) in [5.41, 5.74) is 0. The number of rotatable bonds is 10. The second-order valence-electron chi connectivity index (χ2n) is 5.20. The highest BCUT2D eigenvalue weighted by Gasteiger charge is 2.15. The predicted octanol–water partition coefficient (Wildman–Crippen LogP) is 1.93. The molecule has 118 valence electrons. The van der Waals surface area contributed by atoms with E-state index >= 15 is 0 Å². The number of aliphatic imine (C=N–C) groups is 1. The van der Waals surface area contributed by atoms with Gasteiger partial charge in [-0.3, -0.25) is 4.99 Å². The Balaban J connectivity index is 1.92. The van der Waals surface area contributed by atoms with E-state index in [1.807, 2.05) is 7.05 Å². The zero-order valence-electron chi connectivity index (χ0n) is 13.1. The van der Waals surface area contributed by atoms with Crippen molar-refractivity contribution in [2.75, 3.05) is 40.0 Å². The van der Waals surface area contributed by atoms with E-state index in [-0.39, 0.29) is 0 Å². The van der Waals surface area contributed by atoms with Crippen molar-refractivity contribution in [1.82, 2.24) is 10.6 Å². The summed E-state index contributed by atoms with van der Waals surface area (Å²) in [5.74, 6) is 0.894. The van der Waals surface area contributed by atoms with Crippen molar-refractivity contribution in [1.29, 1.82) is 0 Å². The zero-order chi connectivity index (χ0) is 14.5. The molecule has 0 aromatic carbocycles. The SMILES string of the molecule is CCCCCCNC(=NC)NCCCOC1CCOC1. The molecule has 1 saturated heterocycles. The van der Waals surface area contributed by atoms with Crippen molar-refractivity contribution in [3.63, 3.8) is 0 Å². The van der Waals surface area contributed by atoms with E-state index in [4.69, 9.17) is 9.47 Å². The summed E-state index contributed by atoms with van der Waals surface area (Å²) in [4.78, 5) is 4.21. The van der Waals surface area contributed by atoms with Crippen LogP contribution in [-0.4, -0.2) is 52.0 Å². The Bertz CT molecular complexity index is 254. The highest BCUT2D eigenvalue weighted by Crippen LogP contribution is 2.07. The summed E-state index contributed by atoms with van der Waals surface area (Å²) in [5, 5.41) is 6.65. The number of guanidine groups is 1. The molecule has 0 bridgehead atoms. The van der Waals surface area contributed by atoms with Gasteiger partial charge in [-0.1, -0.05) is 26.2 Å². The van der Waals surface area contributed by atoms with Crippen LogP contribution in [0.25, 0.3) is 0 Å². The minimum Gasteiger partial charge on any atom is -0.379 e. The Labute approximate surface area is 123 Å². The molecule has 1 heterocycles. The van der Waals surface area contributed by atoms with Gasteiger partial charge in [0.15, 0.2) is 5.96 Å². The van der Waals surface area contributed by atoms with Gasteiger partial charge in [-0.05, 0) is 19.3 Å². The molecule has 0 amide bonds. The van der Waals surface area contributed by atoms with Crippen LogP contribution in [0.2, 0.25) is 0 Å². The van der Waals surface area contributed by atoms with Gasteiger partial charge < -0.3 is 20.1 Å². The van der Waals surface area contributed by atoms with Crippen molar-refractivity contribution < 1.29 is 9.47 Å². The van der Waals surface area contributed by atoms with Crippen LogP contribution in [0.15, 0.2) is 4.99 Å². The molecule has 0 aliphatic carbocycles. The molecule has 1 fully saturated rings. The normalized spacial score (nSPS) is 19.3. The van der Waals surface area contributed by atoms with Gasteiger partial charge in [-0.15, -0.1) is 0 Å². The summed E-state index contributed by atoms with van der Waals surface area (Å²) in [7, 11) is 1.81. The second kappa shape index (κ2) is 12.0. The molecule has 1 rings (SSSR count). The van der Waals surface area contributed by atoms with Gasteiger partial charge >= 0.3 is 0 Å². The van der Waals surface area contributed by atoms with E-state index in [2.05, 4.69) is 22.5 Å². The summed E-state index contributed by atoms with van der Waals surface area (Å²) < 4.78 is 11.0. The highest BCUT2D eigenvalue weighted by molar-refractivity contribution is 5.79. The summed E-state index contributed by atoms with van der Waals surface area (Å²) in [6.45, 7) is 6.51. The van der Waals surface area contributed by atoms with E-state index in [1.54, 1.807) is 0 Å². The average molecular weight is 285 g/mol. The first-order valence-corrected chi connectivity index (χ1v) is 8.00. The van der Waals surface area contributed by atoms with Gasteiger partial charge in [-0.2, -0.15) is 0 Å². The van der Waals surface area contributed by atoms with Gasteiger partial charge in [0.05, 0.1) is 12.7 Å². The molecule has 0 radical (unpaired) electrons. The maximum absolute atomic E-state index is 5.72. The monoisotopic (exact) mass is 285 g/mol. The van der Waals surface area contributed by atoms with Crippen LogP contribution in [0, 0.1) is 0 Å². The van der Waals surface area contributed by atoms with E-state index < -0.39 is 0 Å². The van der Waals surface area contributed by atoms with Crippen LogP contribution in [0.5, 0.6) is 0 Å². The number of hydrogen-bond donors (Lipinski definition) is 2. The molecule has 0 aromatic heterocycles. The third kappa shape index (κ3) is 8.38. The molecule has 2 N–H and O–H groups in total. The standard InChI is InChI=1S/C15H31N3O2/c1-3-4-5-6-9-17-15(16-2)18-10-7-11-20-14-8-12-19-13-14/h14H,3-13H2,1-2H3,(H2,16,17,18). The Morgan fingerprint density at radius 2 is 2.00 bits per heavy atom. The van der Waals surface area contributed by atoms with E-state index in [1.165, 1.54) is 25.7 Å². The van der Waals surface area contributed by atoms with Crippen LogP contribution in [0.1, 0.15) is 45.4 Å². The van der Waals surface area contributed by atoms with E-state index in [0.29, 0.717) is 6.10 Å². The molecule has 1 aliphatic rings. The lowest BCUT2D eigenvalue weighted by Gasteiger charge is -2.13. The fraction of sp³-hybridized carbons (Fsp3) is 0.933. The average Bonchev–Trinajstić information content (AvgIpc) is 2.97. The number of unbranched alkanes of at least 4 members (excludes halogenated alkanes) is 3. The topological polar surface area (TPSA) is 54.9 Å². The fourth-order valence-electron chi connectivity index (χ4n) is 2.15. The van der Waals surface area contributed by atoms with Gasteiger partial charge in [0.2, 0.25) is 0 Å². The van der Waals surface area contributed by atoms with Gasteiger partial charge in [-0.25, -0.2) is 0 Å². The lowest BCUT2D eigenvalue weighted by Crippen LogP contribution is -2.38. The molecule has 1 aliphatic heterocycles. The van der Waals surface area contributed by atoms with Crippen LogP contribution in [-0.2, 0) is 9.47 Å². The minimum atomic E-state index is 0.311. The molecule has 0 saturated carbocycles. The minimum absolute atomic E-state index is 0.311. The third-order valence-corrected chi connectivity index (χ3v) is 3.40. The van der Waals surface area contributed by atoms with Crippen LogP contribution in [0.3, 0.4) is 0 Å². The van der Waals surface area contributed by atoms with Gasteiger partial charge in [0, 0.05) is 33.4 Å². The van der Waals surface area contributed by atoms with Crippen LogP contribution in [0.4, 0.5) is 0 Å². The molecular weight excluding hydrogens is 254 g/mol. The van der Waals surface area contributed by atoms with E-state index in [9.17, 15) is 0 Å². The maximum atomic E-state index is 5.72. The molecule has 5 nitrogen and oxygen atoms in total. The quantitative estimate of drug-likeness (QED) is 0.366. The highest BCUT2D eigenvalue weighted by atomic mass is 16.5. The molecule has 5 heteroatoms. The zero-order valence-corrected chi connectivity index (χ0v) is 13.1. The first-order chi connectivity index (χ1) is 9.86. The number of ether oxygens (including phenoxy) is 2. The number of hydrogen-bond acceptors (Lipinski definition) is 3. The Kier molecular flexibility index (Phi) is 10.3. The molecule has 1 unspecified atom stereocenters. The molecular formula is C15H31N3O2. The lowest BCUT2D eigenvalue weighted by atomic mass is 10.2. The fourth-order valence-corrected chi connectivity index (χ4v) is 2.15. The summed E-state index contributed by atoms with van der Waals surface area (Å²) in [6, 6.07) is 0. The summed E-state index contributed by atoms with van der Waals surface area (Å²) in [6.07, 6.45) is 7.43. The van der Waals surface area contributed by atoms with Crippen molar-refractivity contribution in [2.45, 2.75) is 51.6 Å². The molecule has 0 spiro atoms. The predicted molar refractivity (Wildman–Crippen MR) is 83.3 cm³/mol. The van der Waals surface area contributed by atoms with Crippen molar-refractivity contribution in [3.8, 4) is 0 Å². The van der Waals surface area contributed by atoms with Gasteiger partial charge in [0.25, 0.3) is 0 Å². The van der Waals surface area contributed by atoms with Crippen LogP contribution >= 0.6 is 0 Å². The van der Waals surface area contributed by atoms with Crippen LogP contribution < -0.4 is 10.6 Å². The smallest absolute Gasteiger partial charge is 0.190 e. The third-order valence-electron chi connectivity index (χ3n) is 3.40. The lowest BCUT2D eigenvalue weighted by molar-refractivity contribution is 0.0420.